The van der Waals surface area contributed by atoms with Gasteiger partial charge in [-0.05, 0) is 49.8 Å². The minimum atomic E-state index is 0.113. The molecule has 4 rings (SSSR count). The van der Waals surface area contributed by atoms with E-state index in [0.29, 0.717) is 5.92 Å². The molecule has 1 fully saturated rings. The van der Waals surface area contributed by atoms with Gasteiger partial charge < -0.3 is 4.90 Å². The first-order valence-corrected chi connectivity index (χ1v) is 9.63. The maximum absolute atomic E-state index is 13.4. The Kier molecular flexibility index (Phi) is 4.46. The van der Waals surface area contributed by atoms with Crippen molar-refractivity contribution in [1.82, 2.24) is 19.7 Å². The summed E-state index contributed by atoms with van der Waals surface area (Å²) in [5.41, 5.74) is 5.70. The Morgan fingerprint density at radius 2 is 2.07 bits per heavy atom. The summed E-state index contributed by atoms with van der Waals surface area (Å²) in [6.07, 6.45) is 6.01. The highest BCUT2D eigenvalue weighted by molar-refractivity contribution is 6.08. The van der Waals surface area contributed by atoms with Crippen LogP contribution in [0.5, 0.6) is 0 Å². The topological polar surface area (TPSA) is 51.0 Å². The van der Waals surface area contributed by atoms with Gasteiger partial charge in [-0.3, -0.25) is 9.48 Å². The minimum Gasteiger partial charge on any atom is -0.338 e. The third-order valence-corrected chi connectivity index (χ3v) is 5.68. The molecule has 0 saturated carbocycles. The molecule has 1 aliphatic heterocycles. The van der Waals surface area contributed by atoms with E-state index in [1.165, 1.54) is 12.0 Å². The maximum Gasteiger partial charge on any atom is 0.254 e. The number of amides is 1. The first kappa shape index (κ1) is 17.7. The summed E-state index contributed by atoms with van der Waals surface area (Å²) in [6, 6.07) is 6.06. The zero-order valence-electron chi connectivity index (χ0n) is 16.5. The molecule has 0 N–H and O–H groups in total. The lowest BCUT2D eigenvalue weighted by molar-refractivity contribution is 0.0685. The number of piperidine rings is 1. The molecular weight excluding hydrogens is 336 g/mol. The molecule has 140 valence electrons. The lowest BCUT2D eigenvalue weighted by atomic mass is 9.96. The molecule has 1 aromatic carbocycles. The lowest BCUT2D eigenvalue weighted by Crippen LogP contribution is -2.39. The molecule has 5 nitrogen and oxygen atoms in total. The van der Waals surface area contributed by atoms with Crippen molar-refractivity contribution in [1.29, 1.82) is 0 Å². The Labute approximate surface area is 160 Å². The highest BCUT2D eigenvalue weighted by atomic mass is 16.2. The van der Waals surface area contributed by atoms with Crippen LogP contribution in [-0.4, -0.2) is 38.7 Å². The number of aromatic nitrogens is 3. The summed E-state index contributed by atoms with van der Waals surface area (Å²) in [7, 11) is 1.89. The van der Waals surface area contributed by atoms with Crippen molar-refractivity contribution in [2.24, 2.45) is 13.0 Å². The number of carbonyl (C=O) groups excluding carboxylic acids is 1. The maximum atomic E-state index is 13.4. The molecule has 1 amide bonds. The molecule has 2 aromatic heterocycles. The number of fused-ring (bicyclic) bond motifs is 1. The minimum absolute atomic E-state index is 0.113. The van der Waals surface area contributed by atoms with Gasteiger partial charge in [0, 0.05) is 37.3 Å². The SMILES string of the molecule is Cc1ccc2c(C(=O)N3CCCC(C)C3)cc(-c3cnn(C)c3)nc2c1C. The Bertz CT molecular complexity index is 1020. The molecule has 1 unspecified atom stereocenters. The van der Waals surface area contributed by atoms with Gasteiger partial charge in [-0.25, -0.2) is 4.98 Å². The van der Waals surface area contributed by atoms with E-state index in [-0.39, 0.29) is 5.91 Å². The average molecular weight is 362 g/mol. The van der Waals surface area contributed by atoms with Crippen molar-refractivity contribution < 1.29 is 4.79 Å². The Balaban J connectivity index is 1.89. The zero-order chi connectivity index (χ0) is 19.1. The van der Waals surface area contributed by atoms with Gasteiger partial charge >= 0.3 is 0 Å². The molecule has 1 atom stereocenters. The number of likely N-dealkylation sites (tertiary alicyclic amines) is 1. The summed E-state index contributed by atoms with van der Waals surface area (Å²) in [6.45, 7) is 8.05. The van der Waals surface area contributed by atoms with Gasteiger partial charge in [-0.15, -0.1) is 0 Å². The summed E-state index contributed by atoms with van der Waals surface area (Å²) >= 11 is 0. The van der Waals surface area contributed by atoms with Crippen molar-refractivity contribution in [3.8, 4) is 11.3 Å². The Morgan fingerprint density at radius 1 is 1.26 bits per heavy atom. The fraction of sp³-hybridized carbons (Fsp3) is 0.409. The van der Waals surface area contributed by atoms with E-state index in [1.807, 2.05) is 30.3 Å². The van der Waals surface area contributed by atoms with Crippen LogP contribution in [-0.2, 0) is 7.05 Å². The van der Waals surface area contributed by atoms with E-state index in [1.54, 1.807) is 10.9 Å². The van der Waals surface area contributed by atoms with Gasteiger partial charge in [0.1, 0.15) is 0 Å². The molecule has 0 aliphatic carbocycles. The van der Waals surface area contributed by atoms with E-state index in [2.05, 4.69) is 31.9 Å². The first-order chi connectivity index (χ1) is 12.9. The molecule has 0 radical (unpaired) electrons. The highest BCUT2D eigenvalue weighted by Gasteiger charge is 2.25. The largest absolute Gasteiger partial charge is 0.338 e. The molecule has 3 heterocycles. The second kappa shape index (κ2) is 6.80. The van der Waals surface area contributed by atoms with Crippen LogP contribution in [0, 0.1) is 19.8 Å². The van der Waals surface area contributed by atoms with E-state index < -0.39 is 0 Å². The summed E-state index contributed by atoms with van der Waals surface area (Å²) in [5.74, 6) is 0.667. The molecule has 5 heteroatoms. The second-order valence-electron chi connectivity index (χ2n) is 7.86. The average Bonchev–Trinajstić information content (AvgIpc) is 3.10. The Hall–Kier alpha value is -2.69. The molecule has 0 spiro atoms. The smallest absolute Gasteiger partial charge is 0.254 e. The number of benzene rings is 1. The van der Waals surface area contributed by atoms with Gasteiger partial charge in [0.15, 0.2) is 0 Å². The number of hydrogen-bond acceptors (Lipinski definition) is 3. The fourth-order valence-corrected chi connectivity index (χ4v) is 3.95. The van der Waals surface area contributed by atoms with E-state index in [4.69, 9.17) is 4.98 Å². The van der Waals surface area contributed by atoms with Crippen LogP contribution in [0.2, 0.25) is 0 Å². The third kappa shape index (κ3) is 3.22. The molecule has 1 aliphatic rings. The predicted octanol–water partition coefficient (Wildman–Crippen LogP) is 4.12. The summed E-state index contributed by atoms with van der Waals surface area (Å²) in [5, 5.41) is 5.21. The number of rotatable bonds is 2. The fourth-order valence-electron chi connectivity index (χ4n) is 3.95. The molecule has 0 bridgehead atoms. The van der Waals surface area contributed by atoms with Crippen LogP contribution in [0.15, 0.2) is 30.6 Å². The van der Waals surface area contributed by atoms with Gasteiger partial charge in [0.2, 0.25) is 0 Å². The Morgan fingerprint density at radius 3 is 2.78 bits per heavy atom. The third-order valence-electron chi connectivity index (χ3n) is 5.68. The van der Waals surface area contributed by atoms with E-state index in [9.17, 15) is 4.79 Å². The van der Waals surface area contributed by atoms with Crippen LogP contribution in [0.4, 0.5) is 0 Å². The summed E-state index contributed by atoms with van der Waals surface area (Å²) < 4.78 is 1.76. The normalized spacial score (nSPS) is 17.5. The first-order valence-electron chi connectivity index (χ1n) is 9.63. The van der Waals surface area contributed by atoms with Gasteiger partial charge in [-0.2, -0.15) is 5.10 Å². The summed E-state index contributed by atoms with van der Waals surface area (Å²) in [4.78, 5) is 20.3. The molecule has 27 heavy (non-hydrogen) atoms. The van der Waals surface area contributed by atoms with Crippen LogP contribution >= 0.6 is 0 Å². The van der Waals surface area contributed by atoms with Crippen molar-refractivity contribution in [2.45, 2.75) is 33.6 Å². The number of carbonyl (C=O) groups is 1. The van der Waals surface area contributed by atoms with Crippen molar-refractivity contribution >= 4 is 16.8 Å². The molecular formula is C22H26N4O. The quantitative estimate of drug-likeness (QED) is 0.689. The highest BCUT2D eigenvalue weighted by Crippen LogP contribution is 2.30. The predicted molar refractivity (Wildman–Crippen MR) is 108 cm³/mol. The van der Waals surface area contributed by atoms with E-state index in [0.717, 1.165) is 52.8 Å². The number of aryl methyl sites for hydroxylation is 3. The monoisotopic (exact) mass is 362 g/mol. The lowest BCUT2D eigenvalue weighted by Gasteiger charge is -2.31. The molecule has 3 aromatic rings. The standard InChI is InChI=1S/C22H26N4O/c1-14-6-5-9-26(12-14)22(27)19-10-20(17-11-23-25(4)13-17)24-21-16(3)15(2)7-8-18(19)21/h7-8,10-11,13-14H,5-6,9,12H2,1-4H3. The zero-order valence-corrected chi connectivity index (χ0v) is 16.5. The second-order valence-corrected chi connectivity index (χ2v) is 7.86. The van der Waals surface area contributed by atoms with Crippen LogP contribution in [0.3, 0.4) is 0 Å². The van der Waals surface area contributed by atoms with Crippen LogP contribution < -0.4 is 0 Å². The number of hydrogen-bond donors (Lipinski definition) is 0. The van der Waals surface area contributed by atoms with Crippen molar-refractivity contribution in [3.63, 3.8) is 0 Å². The van der Waals surface area contributed by atoms with Crippen molar-refractivity contribution in [3.05, 3.63) is 47.3 Å². The number of nitrogens with zero attached hydrogens (tertiary/aromatic N) is 4. The van der Waals surface area contributed by atoms with Crippen molar-refractivity contribution in [2.75, 3.05) is 13.1 Å². The molecule has 1 saturated heterocycles. The van der Waals surface area contributed by atoms with E-state index >= 15 is 0 Å². The van der Waals surface area contributed by atoms with Gasteiger partial charge in [-0.1, -0.05) is 19.1 Å². The number of pyridine rings is 1. The van der Waals surface area contributed by atoms with Crippen LogP contribution in [0.25, 0.3) is 22.2 Å². The van der Waals surface area contributed by atoms with Gasteiger partial charge in [0.25, 0.3) is 5.91 Å². The van der Waals surface area contributed by atoms with Crippen LogP contribution in [0.1, 0.15) is 41.3 Å². The van der Waals surface area contributed by atoms with Gasteiger partial charge in [0.05, 0.1) is 23.0 Å².